The van der Waals surface area contributed by atoms with Crippen LogP contribution in [0, 0.1) is 0 Å². The minimum atomic E-state index is -0.614. The van der Waals surface area contributed by atoms with Gasteiger partial charge in [-0.15, -0.1) is 10.2 Å². The number of fused-ring (bicyclic) bond motifs is 1. The average Bonchev–Trinajstić information content (AvgIpc) is 3.03. The van der Waals surface area contributed by atoms with E-state index >= 15 is 0 Å². The van der Waals surface area contributed by atoms with E-state index in [0.717, 1.165) is 5.56 Å². The molecule has 7 nitrogen and oxygen atoms in total. The van der Waals surface area contributed by atoms with Crippen molar-refractivity contribution in [1.29, 1.82) is 0 Å². The van der Waals surface area contributed by atoms with E-state index in [1.54, 1.807) is 36.6 Å². The molecule has 0 unspecified atom stereocenters. The van der Waals surface area contributed by atoms with Crippen molar-refractivity contribution in [3.63, 3.8) is 0 Å². The number of aromatic nitrogens is 3. The first-order chi connectivity index (χ1) is 13.3. The van der Waals surface area contributed by atoms with Crippen molar-refractivity contribution in [2.75, 3.05) is 6.61 Å². The van der Waals surface area contributed by atoms with E-state index in [1.807, 2.05) is 30.3 Å². The van der Waals surface area contributed by atoms with Gasteiger partial charge in [-0.05, 0) is 25.5 Å². The summed E-state index contributed by atoms with van der Waals surface area (Å²) < 4.78 is 7.62. The number of nitrogens with one attached hydrogen (secondary N) is 1. The van der Waals surface area contributed by atoms with Gasteiger partial charge in [-0.1, -0.05) is 41.9 Å². The lowest BCUT2D eigenvalue weighted by molar-refractivity contribution is -0.123. The number of nitrogens with zero attached hydrogens (tertiary/aromatic N) is 3. The summed E-state index contributed by atoms with van der Waals surface area (Å²) in [6.45, 7) is 4.27. The topological polar surface area (TPSA) is 94.5 Å². The number of carbonyl (C=O) groups excluding carboxylic acids is 1. The van der Waals surface area contributed by atoms with Gasteiger partial charge in [0.1, 0.15) is 13.9 Å². The lowest BCUT2D eigenvalue weighted by atomic mass is 9.99. The fourth-order valence-corrected chi connectivity index (χ4v) is 2.87. The SMILES string of the molecule is [B]c1ccc2nnc([C@@H](COCc3ccccc3)NC(=O)CC(C)(C)N)n2c1. The maximum Gasteiger partial charge on any atom is 0.222 e. The molecule has 2 radical (unpaired) electrons. The molecule has 3 aromatic rings. The van der Waals surface area contributed by atoms with E-state index in [1.165, 1.54) is 0 Å². The van der Waals surface area contributed by atoms with Crippen LogP contribution in [0.25, 0.3) is 5.65 Å². The molecule has 0 aliphatic carbocycles. The highest BCUT2D eigenvalue weighted by molar-refractivity contribution is 6.32. The first kappa shape index (κ1) is 20.0. The third-order valence-electron chi connectivity index (χ3n) is 4.11. The van der Waals surface area contributed by atoms with E-state index in [-0.39, 0.29) is 18.9 Å². The lowest BCUT2D eigenvalue weighted by Gasteiger charge is -2.22. The fourth-order valence-electron chi connectivity index (χ4n) is 2.87. The van der Waals surface area contributed by atoms with Crippen LogP contribution < -0.4 is 16.5 Å². The Morgan fingerprint density at radius 3 is 2.71 bits per heavy atom. The van der Waals surface area contributed by atoms with Gasteiger partial charge in [-0.2, -0.15) is 0 Å². The van der Waals surface area contributed by atoms with Crippen molar-refractivity contribution in [3.05, 3.63) is 60.0 Å². The van der Waals surface area contributed by atoms with Gasteiger partial charge in [0.25, 0.3) is 0 Å². The zero-order valence-electron chi connectivity index (χ0n) is 16.1. The van der Waals surface area contributed by atoms with E-state index in [9.17, 15) is 4.79 Å². The van der Waals surface area contributed by atoms with Crippen LogP contribution in [-0.2, 0) is 16.1 Å². The molecule has 3 N–H and O–H groups in total. The molecule has 0 aliphatic rings. The average molecular weight is 377 g/mol. The quantitative estimate of drug-likeness (QED) is 0.572. The van der Waals surface area contributed by atoms with Gasteiger partial charge < -0.3 is 15.8 Å². The van der Waals surface area contributed by atoms with Crippen molar-refractivity contribution in [1.82, 2.24) is 19.9 Å². The summed E-state index contributed by atoms with van der Waals surface area (Å²) in [4.78, 5) is 12.5. The van der Waals surface area contributed by atoms with Crippen LogP contribution in [0.15, 0.2) is 48.7 Å². The van der Waals surface area contributed by atoms with Gasteiger partial charge in [-0.3, -0.25) is 9.20 Å². The molecule has 0 spiro atoms. The number of pyridine rings is 1. The van der Waals surface area contributed by atoms with E-state index < -0.39 is 11.6 Å². The Bertz CT molecular complexity index is 937. The zero-order valence-corrected chi connectivity index (χ0v) is 16.1. The van der Waals surface area contributed by atoms with Crippen LogP contribution in [0.3, 0.4) is 0 Å². The molecule has 0 bridgehead atoms. The van der Waals surface area contributed by atoms with Crippen LogP contribution in [0.1, 0.15) is 37.7 Å². The molecule has 144 valence electrons. The molecule has 0 fully saturated rings. The number of nitrogens with two attached hydrogens (primary N) is 1. The summed E-state index contributed by atoms with van der Waals surface area (Å²) in [5.41, 5.74) is 7.63. The maximum atomic E-state index is 12.5. The second-order valence-electron chi connectivity index (χ2n) is 7.54. The van der Waals surface area contributed by atoms with Crippen LogP contribution in [-0.4, -0.2) is 40.5 Å². The summed E-state index contributed by atoms with van der Waals surface area (Å²) in [5.74, 6) is 0.375. The molecular weight excluding hydrogens is 353 g/mol. The minimum Gasteiger partial charge on any atom is -0.374 e. The number of hydrogen-bond donors (Lipinski definition) is 2. The summed E-state index contributed by atoms with van der Waals surface area (Å²) >= 11 is 0. The molecule has 28 heavy (non-hydrogen) atoms. The summed E-state index contributed by atoms with van der Waals surface area (Å²) in [6, 6.07) is 12.9. The number of rotatable bonds is 8. The standard InChI is InChI=1S/C20H24BN5O2/c1-20(2,22)10-18(27)23-16(13-28-12-14-6-4-3-5-7-14)19-25-24-17-9-8-15(21)11-26(17)19/h3-9,11,16H,10,12-13,22H2,1-2H3,(H,23,27)/t16-/m1/s1. The van der Waals surface area contributed by atoms with Crippen LogP contribution >= 0.6 is 0 Å². The molecule has 3 rings (SSSR count). The smallest absolute Gasteiger partial charge is 0.222 e. The first-order valence-corrected chi connectivity index (χ1v) is 9.12. The Morgan fingerprint density at radius 2 is 2.00 bits per heavy atom. The molecule has 0 aliphatic heterocycles. The fraction of sp³-hybridized carbons (Fsp3) is 0.350. The van der Waals surface area contributed by atoms with Gasteiger partial charge in [0.05, 0.1) is 13.2 Å². The molecule has 2 aromatic heterocycles. The highest BCUT2D eigenvalue weighted by Gasteiger charge is 2.24. The van der Waals surface area contributed by atoms with Crippen LogP contribution in [0.2, 0.25) is 0 Å². The molecule has 1 atom stereocenters. The number of carbonyl (C=O) groups is 1. The second-order valence-corrected chi connectivity index (χ2v) is 7.54. The maximum absolute atomic E-state index is 12.5. The monoisotopic (exact) mass is 377 g/mol. The van der Waals surface area contributed by atoms with Crippen molar-refractivity contribution in [2.45, 2.75) is 38.5 Å². The highest BCUT2D eigenvalue weighted by Crippen LogP contribution is 2.15. The molecule has 1 amide bonds. The van der Waals surface area contributed by atoms with Crippen LogP contribution in [0.5, 0.6) is 0 Å². The van der Waals surface area contributed by atoms with Crippen molar-refractivity contribution in [3.8, 4) is 0 Å². The lowest BCUT2D eigenvalue weighted by Crippen LogP contribution is -2.41. The normalized spacial score (nSPS) is 12.8. The highest BCUT2D eigenvalue weighted by atomic mass is 16.5. The second kappa shape index (κ2) is 8.54. The molecule has 0 saturated carbocycles. The van der Waals surface area contributed by atoms with Gasteiger partial charge in [0, 0.05) is 18.2 Å². The zero-order chi connectivity index (χ0) is 20.1. The Balaban J connectivity index is 1.78. The first-order valence-electron chi connectivity index (χ1n) is 9.12. The van der Waals surface area contributed by atoms with E-state index in [2.05, 4.69) is 15.5 Å². The van der Waals surface area contributed by atoms with Crippen molar-refractivity contribution in [2.24, 2.45) is 5.73 Å². The number of ether oxygens (including phenoxy) is 1. The largest absolute Gasteiger partial charge is 0.374 e. The third-order valence-corrected chi connectivity index (χ3v) is 4.11. The van der Waals surface area contributed by atoms with Gasteiger partial charge in [0.15, 0.2) is 11.5 Å². The molecule has 0 saturated heterocycles. The Hall–Kier alpha value is -2.71. The summed E-state index contributed by atoms with van der Waals surface area (Å²) in [6.07, 6.45) is 1.91. The Kier molecular flexibility index (Phi) is 6.11. The summed E-state index contributed by atoms with van der Waals surface area (Å²) in [5, 5.41) is 11.4. The van der Waals surface area contributed by atoms with Gasteiger partial charge >= 0.3 is 0 Å². The minimum absolute atomic E-state index is 0.179. The number of hydrogen-bond acceptors (Lipinski definition) is 5. The number of amides is 1. The molecule has 1 aromatic carbocycles. The van der Waals surface area contributed by atoms with Gasteiger partial charge in [-0.25, -0.2) is 0 Å². The van der Waals surface area contributed by atoms with Crippen molar-refractivity contribution < 1.29 is 9.53 Å². The molecule has 8 heteroatoms. The van der Waals surface area contributed by atoms with E-state index in [4.69, 9.17) is 18.3 Å². The van der Waals surface area contributed by atoms with Crippen LogP contribution in [0.4, 0.5) is 0 Å². The predicted molar refractivity (Wildman–Crippen MR) is 108 cm³/mol. The molecule has 2 heterocycles. The van der Waals surface area contributed by atoms with Crippen molar-refractivity contribution >= 4 is 24.9 Å². The predicted octanol–water partition coefficient (Wildman–Crippen LogP) is 1.02. The van der Waals surface area contributed by atoms with Gasteiger partial charge in [0.2, 0.25) is 5.91 Å². The molecular formula is C20H24BN5O2. The number of benzene rings is 1. The Morgan fingerprint density at radius 1 is 1.25 bits per heavy atom. The van der Waals surface area contributed by atoms with E-state index in [0.29, 0.717) is 23.5 Å². The third kappa shape index (κ3) is 5.40. The Labute approximate surface area is 165 Å². The summed E-state index contributed by atoms with van der Waals surface area (Å²) in [7, 11) is 5.90.